The monoisotopic (exact) mass is 413 g/mol. The number of hydrogen-bond acceptors (Lipinski definition) is 7. The minimum atomic E-state index is -0.477. The van der Waals surface area contributed by atoms with Crippen LogP contribution >= 0.6 is 0 Å². The Bertz CT molecular complexity index is 911. The van der Waals surface area contributed by atoms with Gasteiger partial charge in [0.25, 0.3) is 5.69 Å². The first-order valence-corrected chi connectivity index (χ1v) is 9.91. The molecule has 1 aliphatic rings. The van der Waals surface area contributed by atoms with E-state index in [2.05, 4.69) is 25.9 Å². The highest BCUT2D eigenvalue weighted by atomic mass is 16.6. The smallest absolute Gasteiger partial charge is 0.319 e. The molecule has 0 spiro atoms. The summed E-state index contributed by atoms with van der Waals surface area (Å²) in [6.45, 7) is 1.80. The van der Waals surface area contributed by atoms with Gasteiger partial charge < -0.3 is 20.9 Å². The van der Waals surface area contributed by atoms with Gasteiger partial charge >= 0.3 is 6.03 Å². The van der Waals surface area contributed by atoms with Gasteiger partial charge in [0.2, 0.25) is 5.95 Å². The summed E-state index contributed by atoms with van der Waals surface area (Å²) in [7, 11) is 3.87. The van der Waals surface area contributed by atoms with Crippen molar-refractivity contribution in [1.82, 2.24) is 15.3 Å². The number of nitrogens with one attached hydrogen (secondary N) is 3. The average molecular weight is 413 g/mol. The third kappa shape index (κ3) is 5.56. The lowest BCUT2D eigenvalue weighted by atomic mass is 9.91. The number of nitro groups is 1. The quantitative estimate of drug-likeness (QED) is 0.490. The van der Waals surface area contributed by atoms with Gasteiger partial charge in [-0.2, -0.15) is 4.98 Å². The fraction of sp³-hybridized carbons (Fsp3) is 0.450. The third-order valence-corrected chi connectivity index (χ3v) is 5.17. The standard InChI is InChI=1S/C20H27N7O3/c1-13-4-9-16(27(29)30)12-17(13)24-20(28)23-15-7-5-14(6-8-15)22-19-21-11-10-18(25-19)26(2)3/h4,9-12,14-15H,5-8H2,1-3H3,(H,21,22,25)(H2,23,24,28)/t14-,15+. The summed E-state index contributed by atoms with van der Waals surface area (Å²) in [6.07, 6.45) is 5.16. The van der Waals surface area contributed by atoms with Gasteiger partial charge in [-0.1, -0.05) is 6.07 Å². The Labute approximate surface area is 175 Å². The highest BCUT2D eigenvalue weighted by molar-refractivity contribution is 5.90. The van der Waals surface area contributed by atoms with Crippen molar-refractivity contribution >= 4 is 29.2 Å². The molecule has 1 fully saturated rings. The second kappa shape index (κ2) is 9.38. The van der Waals surface area contributed by atoms with Crippen LogP contribution in [-0.4, -0.2) is 47.1 Å². The zero-order valence-corrected chi connectivity index (χ0v) is 17.4. The number of amides is 2. The fourth-order valence-corrected chi connectivity index (χ4v) is 3.43. The maximum absolute atomic E-state index is 12.4. The van der Waals surface area contributed by atoms with E-state index in [4.69, 9.17) is 0 Å². The Balaban J connectivity index is 1.49. The topological polar surface area (TPSA) is 125 Å². The van der Waals surface area contributed by atoms with E-state index in [9.17, 15) is 14.9 Å². The van der Waals surface area contributed by atoms with E-state index in [-0.39, 0.29) is 23.8 Å². The summed E-state index contributed by atoms with van der Waals surface area (Å²) in [5, 5.41) is 20.0. The predicted molar refractivity (Wildman–Crippen MR) is 116 cm³/mol. The van der Waals surface area contributed by atoms with Crippen LogP contribution in [-0.2, 0) is 0 Å². The Morgan fingerprint density at radius 3 is 2.53 bits per heavy atom. The number of non-ortho nitro benzene ring substituents is 1. The molecule has 10 heteroatoms. The molecule has 2 aromatic rings. The first kappa shape index (κ1) is 21.3. The Hall–Kier alpha value is -3.43. The zero-order chi connectivity index (χ0) is 21.7. The van der Waals surface area contributed by atoms with Crippen molar-refractivity contribution in [2.75, 3.05) is 29.6 Å². The van der Waals surface area contributed by atoms with Crippen molar-refractivity contribution in [3.05, 3.63) is 46.1 Å². The molecule has 1 aliphatic carbocycles. The van der Waals surface area contributed by atoms with Gasteiger partial charge in [0.05, 0.1) is 10.6 Å². The van der Waals surface area contributed by atoms with Gasteiger partial charge in [0, 0.05) is 44.5 Å². The number of carbonyl (C=O) groups excluding carboxylic acids is 1. The molecule has 10 nitrogen and oxygen atoms in total. The first-order chi connectivity index (χ1) is 14.3. The van der Waals surface area contributed by atoms with E-state index in [1.54, 1.807) is 19.2 Å². The number of hydrogen-bond donors (Lipinski definition) is 3. The summed E-state index contributed by atoms with van der Waals surface area (Å²) < 4.78 is 0. The number of benzene rings is 1. The van der Waals surface area contributed by atoms with E-state index in [0.29, 0.717) is 11.6 Å². The average Bonchev–Trinajstić information content (AvgIpc) is 2.71. The maximum Gasteiger partial charge on any atom is 0.319 e. The van der Waals surface area contributed by atoms with E-state index >= 15 is 0 Å². The van der Waals surface area contributed by atoms with Gasteiger partial charge in [-0.3, -0.25) is 10.1 Å². The fourth-order valence-electron chi connectivity index (χ4n) is 3.43. The molecule has 2 amide bonds. The highest BCUT2D eigenvalue weighted by Crippen LogP contribution is 2.24. The van der Waals surface area contributed by atoms with Crippen LogP contribution in [0.3, 0.4) is 0 Å². The van der Waals surface area contributed by atoms with Gasteiger partial charge in [-0.05, 0) is 44.2 Å². The summed E-state index contributed by atoms with van der Waals surface area (Å²) in [5.41, 5.74) is 1.15. The number of aryl methyl sites for hydroxylation is 1. The van der Waals surface area contributed by atoms with Gasteiger partial charge in [-0.25, -0.2) is 9.78 Å². The van der Waals surface area contributed by atoms with Crippen molar-refractivity contribution in [2.45, 2.75) is 44.7 Å². The lowest BCUT2D eigenvalue weighted by Gasteiger charge is -2.29. The van der Waals surface area contributed by atoms with Crippen LogP contribution in [0.15, 0.2) is 30.5 Å². The van der Waals surface area contributed by atoms with E-state index in [0.717, 1.165) is 37.1 Å². The minimum absolute atomic E-state index is 0.0519. The Morgan fingerprint density at radius 2 is 1.87 bits per heavy atom. The molecule has 1 heterocycles. The molecule has 160 valence electrons. The van der Waals surface area contributed by atoms with Crippen molar-refractivity contribution in [1.29, 1.82) is 0 Å². The summed E-state index contributed by atoms with van der Waals surface area (Å²) >= 11 is 0. The predicted octanol–water partition coefficient (Wildman–Crippen LogP) is 3.30. The molecule has 30 heavy (non-hydrogen) atoms. The number of aromatic nitrogens is 2. The molecule has 0 aliphatic heterocycles. The van der Waals surface area contributed by atoms with Crippen LogP contribution in [0.25, 0.3) is 0 Å². The number of carbonyl (C=O) groups is 1. The summed E-state index contributed by atoms with van der Waals surface area (Å²) in [4.78, 5) is 33.5. The van der Waals surface area contributed by atoms with Crippen LogP contribution in [0.5, 0.6) is 0 Å². The van der Waals surface area contributed by atoms with Gasteiger partial charge in [0.1, 0.15) is 5.82 Å². The van der Waals surface area contributed by atoms with Crippen molar-refractivity contribution in [2.24, 2.45) is 0 Å². The van der Waals surface area contributed by atoms with Crippen LogP contribution in [0.4, 0.5) is 27.9 Å². The number of rotatable bonds is 6. The Morgan fingerprint density at radius 1 is 1.17 bits per heavy atom. The third-order valence-electron chi connectivity index (χ3n) is 5.17. The molecule has 0 radical (unpaired) electrons. The van der Waals surface area contributed by atoms with Crippen molar-refractivity contribution in [3.63, 3.8) is 0 Å². The summed E-state index contributed by atoms with van der Waals surface area (Å²) in [5.74, 6) is 1.45. The second-order valence-electron chi connectivity index (χ2n) is 7.68. The van der Waals surface area contributed by atoms with Crippen molar-refractivity contribution < 1.29 is 9.72 Å². The van der Waals surface area contributed by atoms with Crippen molar-refractivity contribution in [3.8, 4) is 0 Å². The molecule has 1 aromatic carbocycles. The normalized spacial score (nSPS) is 18.4. The van der Waals surface area contributed by atoms with Gasteiger partial charge in [-0.15, -0.1) is 0 Å². The minimum Gasteiger partial charge on any atom is -0.363 e. The highest BCUT2D eigenvalue weighted by Gasteiger charge is 2.23. The number of nitrogens with zero attached hydrogens (tertiary/aromatic N) is 4. The molecule has 0 bridgehead atoms. The first-order valence-electron chi connectivity index (χ1n) is 9.91. The molecule has 1 saturated carbocycles. The zero-order valence-electron chi connectivity index (χ0n) is 17.4. The number of nitro benzene ring substituents is 1. The molecule has 1 aromatic heterocycles. The molecule has 0 unspecified atom stereocenters. The molecule has 0 atom stereocenters. The largest absolute Gasteiger partial charge is 0.363 e. The maximum atomic E-state index is 12.4. The van der Waals surface area contributed by atoms with Crippen LogP contribution in [0.1, 0.15) is 31.2 Å². The second-order valence-corrected chi connectivity index (χ2v) is 7.68. The molecule has 3 rings (SSSR count). The number of anilines is 3. The summed E-state index contributed by atoms with van der Waals surface area (Å²) in [6, 6.07) is 6.23. The lowest BCUT2D eigenvalue weighted by molar-refractivity contribution is -0.384. The van der Waals surface area contributed by atoms with E-state index in [1.165, 1.54) is 12.1 Å². The van der Waals surface area contributed by atoms with E-state index < -0.39 is 4.92 Å². The molecule has 3 N–H and O–H groups in total. The Kier molecular flexibility index (Phi) is 6.65. The molecular formula is C20H27N7O3. The lowest BCUT2D eigenvalue weighted by Crippen LogP contribution is -2.42. The SMILES string of the molecule is Cc1ccc([N+](=O)[O-])cc1NC(=O)N[C@H]1CC[C@@H](Nc2nccc(N(C)C)n2)CC1. The van der Waals surface area contributed by atoms with Crippen LogP contribution in [0, 0.1) is 17.0 Å². The molecular weight excluding hydrogens is 386 g/mol. The number of urea groups is 1. The van der Waals surface area contributed by atoms with E-state index in [1.807, 2.05) is 25.1 Å². The van der Waals surface area contributed by atoms with Gasteiger partial charge in [0.15, 0.2) is 0 Å². The van der Waals surface area contributed by atoms with Crippen LogP contribution in [0.2, 0.25) is 0 Å². The molecule has 0 saturated heterocycles. The van der Waals surface area contributed by atoms with Crippen LogP contribution < -0.4 is 20.9 Å².